The first kappa shape index (κ1) is 26.1. The average Bonchev–Trinajstić information content (AvgIpc) is 3.20. The summed E-state index contributed by atoms with van der Waals surface area (Å²) in [7, 11) is 3.77. The first-order valence-corrected chi connectivity index (χ1v) is 15.1. The number of aliphatic hydroxyl groups is 1. The van der Waals surface area contributed by atoms with Crippen LogP contribution in [0.2, 0.25) is 0 Å². The van der Waals surface area contributed by atoms with Crippen molar-refractivity contribution in [3.63, 3.8) is 0 Å². The van der Waals surface area contributed by atoms with Crippen LogP contribution in [0.15, 0.2) is 0 Å². The Balaban J connectivity index is 1.35. The summed E-state index contributed by atoms with van der Waals surface area (Å²) >= 11 is 0. The van der Waals surface area contributed by atoms with Crippen molar-refractivity contribution in [3.05, 3.63) is 0 Å². The first-order chi connectivity index (χ1) is 16.7. The van der Waals surface area contributed by atoms with E-state index in [2.05, 4.69) is 48.5 Å². The third-order valence-corrected chi connectivity index (χ3v) is 14.6. The van der Waals surface area contributed by atoms with E-state index in [0.29, 0.717) is 22.7 Å². The molecule has 4 nitrogen and oxygen atoms in total. The number of ether oxygens (including phenoxy) is 3. The number of hydrogen-bond acceptors (Lipinski definition) is 4. The van der Waals surface area contributed by atoms with Gasteiger partial charge in [-0.2, -0.15) is 0 Å². The zero-order valence-electron chi connectivity index (χ0n) is 24.7. The van der Waals surface area contributed by atoms with E-state index in [1.165, 1.54) is 44.9 Å². The van der Waals surface area contributed by atoms with E-state index >= 15 is 0 Å². The molecule has 0 radical (unpaired) electrons. The van der Waals surface area contributed by atoms with Crippen molar-refractivity contribution < 1.29 is 19.3 Å². The summed E-state index contributed by atoms with van der Waals surface area (Å²) in [5.74, 6) is 1.86. The molecule has 5 aliphatic carbocycles. The van der Waals surface area contributed by atoms with Crippen LogP contribution in [-0.2, 0) is 14.2 Å². The fraction of sp³-hybridized carbons (Fsp3) is 1.00. The molecule has 1 aliphatic heterocycles. The molecule has 206 valence electrons. The molecule has 6 fully saturated rings. The number of fused-ring (bicyclic) bond motifs is 2. The maximum Gasteiger partial charge on any atom is 0.0883 e. The van der Waals surface area contributed by atoms with E-state index in [0.717, 1.165) is 25.2 Å². The Hall–Kier alpha value is -0.160. The predicted octanol–water partition coefficient (Wildman–Crippen LogP) is 6.77. The summed E-state index contributed by atoms with van der Waals surface area (Å²) in [6.45, 7) is 16.8. The molecule has 0 bridgehead atoms. The van der Waals surface area contributed by atoms with Gasteiger partial charge in [0.2, 0.25) is 0 Å². The van der Waals surface area contributed by atoms with Gasteiger partial charge in [-0.25, -0.2) is 0 Å². The van der Waals surface area contributed by atoms with Gasteiger partial charge in [-0.3, -0.25) is 0 Å². The molecule has 1 N–H and O–H groups in total. The highest BCUT2D eigenvalue weighted by atomic mass is 16.6. The number of methoxy groups -OCH3 is 2. The zero-order chi connectivity index (χ0) is 26.2. The van der Waals surface area contributed by atoms with Crippen molar-refractivity contribution in [2.75, 3.05) is 14.2 Å². The van der Waals surface area contributed by atoms with Gasteiger partial charge in [0.1, 0.15) is 0 Å². The lowest BCUT2D eigenvalue weighted by molar-refractivity contribution is -0.200. The van der Waals surface area contributed by atoms with E-state index in [1.54, 1.807) is 0 Å². The number of rotatable bonds is 4. The molecule has 0 aromatic heterocycles. The van der Waals surface area contributed by atoms with Crippen molar-refractivity contribution in [2.24, 2.45) is 44.8 Å². The van der Waals surface area contributed by atoms with Gasteiger partial charge in [0.05, 0.1) is 29.5 Å². The van der Waals surface area contributed by atoms with Crippen molar-refractivity contribution in [1.29, 1.82) is 0 Å². The minimum absolute atomic E-state index is 0.0516. The second kappa shape index (κ2) is 7.52. The van der Waals surface area contributed by atoms with E-state index in [9.17, 15) is 5.11 Å². The molecule has 4 heteroatoms. The van der Waals surface area contributed by atoms with E-state index in [-0.39, 0.29) is 45.8 Å². The van der Waals surface area contributed by atoms with Crippen molar-refractivity contribution in [1.82, 2.24) is 0 Å². The van der Waals surface area contributed by atoms with Crippen LogP contribution in [0.25, 0.3) is 0 Å². The Labute approximate surface area is 220 Å². The zero-order valence-corrected chi connectivity index (χ0v) is 24.7. The highest BCUT2D eigenvalue weighted by Gasteiger charge is 2.83. The molecule has 36 heavy (non-hydrogen) atoms. The van der Waals surface area contributed by atoms with Crippen molar-refractivity contribution in [2.45, 2.75) is 142 Å². The van der Waals surface area contributed by atoms with Crippen LogP contribution in [0.1, 0.15) is 113 Å². The normalized spacial score (nSPS) is 57.5. The van der Waals surface area contributed by atoms with Gasteiger partial charge < -0.3 is 19.3 Å². The molecular formula is C32H54O4. The van der Waals surface area contributed by atoms with Gasteiger partial charge in [0, 0.05) is 20.1 Å². The molecule has 0 aromatic rings. The monoisotopic (exact) mass is 502 g/mol. The molecule has 1 saturated heterocycles. The van der Waals surface area contributed by atoms with Crippen LogP contribution in [0, 0.1) is 44.8 Å². The third kappa shape index (κ3) is 2.87. The molecule has 6 rings (SSSR count). The van der Waals surface area contributed by atoms with Gasteiger partial charge in [-0.05, 0) is 124 Å². The molecule has 3 unspecified atom stereocenters. The smallest absolute Gasteiger partial charge is 0.0883 e. The summed E-state index contributed by atoms with van der Waals surface area (Å²) in [4.78, 5) is 0. The topological polar surface area (TPSA) is 47.9 Å². The fourth-order valence-corrected chi connectivity index (χ4v) is 12.4. The Morgan fingerprint density at radius 2 is 1.47 bits per heavy atom. The highest BCUT2D eigenvalue weighted by molar-refractivity contribution is 5.32. The van der Waals surface area contributed by atoms with E-state index < -0.39 is 0 Å². The molecular weight excluding hydrogens is 448 g/mol. The van der Waals surface area contributed by atoms with Crippen LogP contribution in [0.3, 0.4) is 0 Å². The summed E-state index contributed by atoms with van der Waals surface area (Å²) < 4.78 is 19.3. The van der Waals surface area contributed by atoms with Gasteiger partial charge in [0.15, 0.2) is 0 Å². The molecule has 0 aromatic carbocycles. The lowest BCUT2D eigenvalue weighted by Crippen LogP contribution is -2.59. The maximum absolute atomic E-state index is 11.0. The first-order valence-electron chi connectivity index (χ1n) is 15.1. The van der Waals surface area contributed by atoms with Crippen LogP contribution in [-0.4, -0.2) is 48.8 Å². The average molecular weight is 503 g/mol. The number of hydrogen-bond donors (Lipinski definition) is 1. The Bertz CT molecular complexity index is 914. The quantitative estimate of drug-likeness (QED) is 0.461. The Morgan fingerprint density at radius 1 is 0.806 bits per heavy atom. The standard InChI is InChI=1S/C32H54O4/c1-26(2)21-10-11-22-29(6)18-20(34-8)25(30(7)14-13-24(36-30)27(3,4)35-9)28(29,5)16-17-32(22)19-31(21,32)15-12-23(26)33/h20-25,33H,10-19H2,1-9H3/t20-,21?,22?,23-,24-,25-,28+,29-,30+,31+,32?/m0/s1. The minimum atomic E-state index is -0.267. The second-order valence-electron chi connectivity index (χ2n) is 16.1. The van der Waals surface area contributed by atoms with E-state index in [1.807, 2.05) is 14.2 Å². The maximum atomic E-state index is 11.0. The van der Waals surface area contributed by atoms with E-state index in [4.69, 9.17) is 14.2 Å². The predicted molar refractivity (Wildman–Crippen MR) is 143 cm³/mol. The van der Waals surface area contributed by atoms with Gasteiger partial charge in [0.25, 0.3) is 0 Å². The van der Waals surface area contributed by atoms with Gasteiger partial charge in [-0.15, -0.1) is 0 Å². The second-order valence-corrected chi connectivity index (χ2v) is 16.1. The molecule has 2 spiro atoms. The Kier molecular flexibility index (Phi) is 5.45. The van der Waals surface area contributed by atoms with Crippen molar-refractivity contribution >= 4 is 0 Å². The highest BCUT2D eigenvalue weighted by Crippen LogP contribution is 2.89. The number of aliphatic hydroxyl groups excluding tert-OH is 1. The molecule has 5 saturated carbocycles. The Morgan fingerprint density at radius 3 is 2.14 bits per heavy atom. The molecule has 1 heterocycles. The SMILES string of the molecule is CO[C@H]1C[C@@]2(C)C3CCC4C(C)(C)[C@@H](O)CC[C@@]45CC35CC[C@]2(C)[C@H]1[C@@]1(C)CC[C@@H](C(C)(C)OC)O1. The minimum Gasteiger partial charge on any atom is -0.393 e. The lowest BCUT2D eigenvalue weighted by Gasteiger charge is -2.63. The fourth-order valence-electron chi connectivity index (χ4n) is 12.4. The largest absolute Gasteiger partial charge is 0.393 e. The van der Waals surface area contributed by atoms with Gasteiger partial charge >= 0.3 is 0 Å². The summed E-state index contributed by atoms with van der Waals surface area (Å²) in [5.41, 5.74) is 1.06. The molecule has 6 aliphatic rings. The molecule has 11 atom stereocenters. The molecule has 0 amide bonds. The summed E-state index contributed by atoms with van der Waals surface area (Å²) in [6, 6.07) is 0. The van der Waals surface area contributed by atoms with Gasteiger partial charge in [-0.1, -0.05) is 27.7 Å². The van der Waals surface area contributed by atoms with Crippen LogP contribution in [0.5, 0.6) is 0 Å². The summed E-state index contributed by atoms with van der Waals surface area (Å²) in [6.07, 6.45) is 12.5. The lowest BCUT2D eigenvalue weighted by atomic mass is 9.41. The van der Waals surface area contributed by atoms with Crippen LogP contribution >= 0.6 is 0 Å². The summed E-state index contributed by atoms with van der Waals surface area (Å²) in [5, 5.41) is 11.0. The van der Waals surface area contributed by atoms with Crippen LogP contribution < -0.4 is 0 Å². The van der Waals surface area contributed by atoms with Crippen molar-refractivity contribution in [3.8, 4) is 0 Å². The third-order valence-electron chi connectivity index (χ3n) is 14.6. The van der Waals surface area contributed by atoms with Crippen LogP contribution in [0.4, 0.5) is 0 Å².